The van der Waals surface area contributed by atoms with Gasteiger partial charge in [-0.25, -0.2) is 0 Å². The number of carbonyl (C=O) groups is 1. The van der Waals surface area contributed by atoms with Gasteiger partial charge in [-0.05, 0) is 64.2 Å². The Hall–Kier alpha value is -2.31. The molecule has 14 nitrogen and oxygen atoms in total. The highest BCUT2D eigenvalue weighted by Crippen LogP contribution is 2.30. The zero-order valence-electron chi connectivity index (χ0n) is 48.2. The van der Waals surface area contributed by atoms with Crippen molar-refractivity contribution in [2.24, 2.45) is 0 Å². The van der Waals surface area contributed by atoms with E-state index >= 15 is 0 Å². The van der Waals surface area contributed by atoms with Crippen LogP contribution < -0.4 is 5.32 Å². The maximum Gasteiger partial charge on any atom is 0.220 e. The number of ether oxygens (including phenoxy) is 4. The quantitative estimate of drug-likeness (QED) is 0.0204. The van der Waals surface area contributed by atoms with E-state index in [2.05, 4.69) is 67.8 Å². The molecule has 2 aliphatic heterocycles. The number of nitrogens with one attached hydrogen (secondary N) is 1. The summed E-state index contributed by atoms with van der Waals surface area (Å²) in [6.45, 7) is 2.67. The molecule has 2 heterocycles. The molecule has 2 rings (SSSR count). The van der Waals surface area contributed by atoms with E-state index in [0.717, 1.165) is 70.6 Å². The van der Waals surface area contributed by atoms with E-state index in [-0.39, 0.29) is 18.9 Å². The van der Waals surface area contributed by atoms with Crippen molar-refractivity contribution in [1.82, 2.24) is 5.32 Å². The van der Waals surface area contributed by atoms with E-state index in [1.807, 2.05) is 6.08 Å². The van der Waals surface area contributed by atoms with Crippen LogP contribution in [0.3, 0.4) is 0 Å². The fraction of sp³-hybridized carbons (Fsp3) is 0.825. The number of aliphatic hydroxyl groups excluding tert-OH is 8. The summed E-state index contributed by atoms with van der Waals surface area (Å²) < 4.78 is 22.8. The summed E-state index contributed by atoms with van der Waals surface area (Å²) in [5, 5.41) is 87.1. The second kappa shape index (κ2) is 48.4. The first-order valence-electron chi connectivity index (χ1n) is 31.0. The summed E-state index contributed by atoms with van der Waals surface area (Å²) in [5.41, 5.74) is 0. The summed E-state index contributed by atoms with van der Waals surface area (Å²) in [5.74, 6) is -0.260. The number of amides is 1. The first kappa shape index (κ1) is 70.8. The average molecular weight is 1090 g/mol. The van der Waals surface area contributed by atoms with Crippen molar-refractivity contribution in [2.45, 2.75) is 312 Å². The minimum absolute atomic E-state index is 0.260. The lowest BCUT2D eigenvalue weighted by molar-refractivity contribution is -0.359. The third-order valence-corrected chi connectivity index (χ3v) is 14.9. The highest BCUT2D eigenvalue weighted by molar-refractivity contribution is 5.76. The third kappa shape index (κ3) is 33.9. The maximum atomic E-state index is 13.2. The third-order valence-electron chi connectivity index (χ3n) is 14.9. The molecule has 12 atom stereocenters. The minimum atomic E-state index is -1.79. The zero-order chi connectivity index (χ0) is 56.0. The Morgan fingerprint density at radius 3 is 1.43 bits per heavy atom. The van der Waals surface area contributed by atoms with Gasteiger partial charge < -0.3 is 65.1 Å². The Labute approximate surface area is 466 Å². The molecule has 9 N–H and O–H groups in total. The van der Waals surface area contributed by atoms with Crippen LogP contribution in [0.1, 0.15) is 239 Å². The summed E-state index contributed by atoms with van der Waals surface area (Å²) in [6.07, 6.45) is 45.6. The molecule has 0 saturated carbocycles. The molecule has 0 bridgehead atoms. The number of allylic oxidation sites excluding steroid dienone is 9. The van der Waals surface area contributed by atoms with Crippen LogP contribution in [-0.2, 0) is 23.7 Å². The molecule has 0 radical (unpaired) electrons. The van der Waals surface area contributed by atoms with E-state index in [1.54, 1.807) is 6.08 Å². The van der Waals surface area contributed by atoms with E-state index in [0.29, 0.717) is 12.8 Å². The van der Waals surface area contributed by atoms with Gasteiger partial charge in [-0.15, -0.1) is 0 Å². The smallest absolute Gasteiger partial charge is 0.220 e. The van der Waals surface area contributed by atoms with Crippen molar-refractivity contribution < 1.29 is 64.6 Å². The highest BCUT2D eigenvalue weighted by Gasteiger charge is 2.51. The topological polar surface area (TPSA) is 228 Å². The van der Waals surface area contributed by atoms with Crippen molar-refractivity contribution in [3.8, 4) is 0 Å². The molecule has 77 heavy (non-hydrogen) atoms. The van der Waals surface area contributed by atoms with Crippen LogP contribution in [0.4, 0.5) is 0 Å². The molecule has 448 valence electrons. The lowest BCUT2D eigenvalue weighted by Gasteiger charge is -2.46. The minimum Gasteiger partial charge on any atom is -0.394 e. The van der Waals surface area contributed by atoms with Crippen LogP contribution in [0.25, 0.3) is 0 Å². The molecule has 0 aromatic rings. The number of hydrogen-bond acceptors (Lipinski definition) is 13. The lowest BCUT2D eigenvalue weighted by Crippen LogP contribution is -2.65. The Balaban J connectivity index is 1.75. The molecular formula is C63H113NO13. The Morgan fingerprint density at radius 2 is 0.909 bits per heavy atom. The van der Waals surface area contributed by atoms with Gasteiger partial charge in [-0.1, -0.05) is 229 Å². The van der Waals surface area contributed by atoms with Gasteiger partial charge >= 0.3 is 0 Å². The van der Waals surface area contributed by atoms with Gasteiger partial charge in [0, 0.05) is 6.42 Å². The normalized spacial score (nSPS) is 25.1. The molecule has 2 aliphatic rings. The Kier molecular flexibility index (Phi) is 44.5. The lowest BCUT2D eigenvalue weighted by atomic mass is 9.97. The first-order valence-corrected chi connectivity index (χ1v) is 31.0. The number of carbonyl (C=O) groups excluding carboxylic acids is 1. The van der Waals surface area contributed by atoms with Gasteiger partial charge in [0.15, 0.2) is 12.6 Å². The van der Waals surface area contributed by atoms with Crippen LogP contribution in [0.5, 0.6) is 0 Å². The van der Waals surface area contributed by atoms with E-state index in [4.69, 9.17) is 18.9 Å². The van der Waals surface area contributed by atoms with E-state index in [9.17, 15) is 45.6 Å². The van der Waals surface area contributed by atoms with Gasteiger partial charge in [0.05, 0.1) is 32.0 Å². The summed E-state index contributed by atoms with van der Waals surface area (Å²) in [6, 6.07) is -0.940. The largest absolute Gasteiger partial charge is 0.394 e. The maximum absolute atomic E-state index is 13.2. The van der Waals surface area contributed by atoms with Crippen LogP contribution >= 0.6 is 0 Å². The average Bonchev–Trinajstić information content (AvgIpc) is 3.44. The number of rotatable bonds is 49. The monoisotopic (exact) mass is 1090 g/mol. The zero-order valence-corrected chi connectivity index (χ0v) is 48.2. The first-order chi connectivity index (χ1) is 37.6. The molecule has 0 aromatic carbocycles. The van der Waals surface area contributed by atoms with Gasteiger partial charge in [0.1, 0.15) is 48.8 Å². The number of unbranched alkanes of at least 4 members (excludes halogenated alkanes) is 28. The van der Waals surface area contributed by atoms with Crippen molar-refractivity contribution >= 4 is 5.91 Å². The fourth-order valence-electron chi connectivity index (χ4n) is 9.97. The van der Waals surface area contributed by atoms with Gasteiger partial charge in [0.25, 0.3) is 0 Å². The Bertz CT molecular complexity index is 1520. The second-order valence-electron chi connectivity index (χ2n) is 21.8. The predicted molar refractivity (Wildman–Crippen MR) is 309 cm³/mol. The van der Waals surface area contributed by atoms with Crippen molar-refractivity contribution in [3.63, 3.8) is 0 Å². The Morgan fingerprint density at radius 1 is 0.481 bits per heavy atom. The molecule has 0 aliphatic carbocycles. The van der Waals surface area contributed by atoms with Crippen LogP contribution in [0.2, 0.25) is 0 Å². The molecule has 2 saturated heterocycles. The molecule has 2 fully saturated rings. The summed E-state index contributed by atoms with van der Waals surface area (Å²) in [4.78, 5) is 13.2. The van der Waals surface area contributed by atoms with Crippen molar-refractivity contribution in [2.75, 3.05) is 19.8 Å². The number of hydrogen-bond donors (Lipinski definition) is 9. The van der Waals surface area contributed by atoms with Gasteiger partial charge in [-0.3, -0.25) is 4.79 Å². The van der Waals surface area contributed by atoms with Crippen LogP contribution in [0.15, 0.2) is 60.8 Å². The molecule has 14 heteroatoms. The summed E-state index contributed by atoms with van der Waals surface area (Å²) >= 11 is 0. The van der Waals surface area contributed by atoms with Gasteiger partial charge in [0.2, 0.25) is 5.91 Å². The molecule has 0 aromatic heterocycles. The van der Waals surface area contributed by atoms with Crippen LogP contribution in [-0.4, -0.2) is 140 Å². The molecule has 12 unspecified atom stereocenters. The number of aliphatic hydroxyl groups is 8. The molecular weight excluding hydrogens is 979 g/mol. The molecule has 1 amide bonds. The van der Waals surface area contributed by atoms with E-state index < -0.39 is 86.8 Å². The predicted octanol–water partition coefficient (Wildman–Crippen LogP) is 10.9. The fourth-order valence-corrected chi connectivity index (χ4v) is 9.97. The SMILES string of the molecule is CC/C=C\C/C=C\C/C=C\CCCCCCCCCC(=O)NC(COC1OC(CO)C(OC2OC(CO)C(O)C(O)C2O)C(O)C1O)C(O)/C=C/CC/C=C/CCCCCCCCCCCCCCCCCCCCCC. The van der Waals surface area contributed by atoms with Crippen LogP contribution in [0, 0.1) is 0 Å². The standard InChI is InChI=1S/C63H113NO13/c1-3-5-7-9-11-13-15-17-19-21-22-23-24-25-26-27-28-29-31-32-34-36-38-40-42-44-46-52(67)51(64-55(68)47-45-43-41-39-37-35-33-30-20-18-16-14-12-10-8-6-4-2)50-74-62-60(73)58(71)61(54(49-66)76-62)77-63-59(72)57(70)56(69)53(48-65)75-63/h6,8,12,14,18,20,36,38,44,46,51-54,56-63,65-67,69-73H,3-5,7,9-11,13,15-17,19,21-35,37,39-43,45,47-50H2,1-2H3,(H,64,68)/b8-6-,14-12-,20-18-,38-36+,46-44+. The van der Waals surface area contributed by atoms with Gasteiger partial charge in [-0.2, -0.15) is 0 Å². The summed E-state index contributed by atoms with van der Waals surface area (Å²) in [7, 11) is 0. The van der Waals surface area contributed by atoms with Crippen molar-refractivity contribution in [3.05, 3.63) is 60.8 Å². The second-order valence-corrected chi connectivity index (χ2v) is 21.8. The van der Waals surface area contributed by atoms with Crippen molar-refractivity contribution in [1.29, 1.82) is 0 Å². The highest BCUT2D eigenvalue weighted by atomic mass is 16.7. The van der Waals surface area contributed by atoms with E-state index in [1.165, 1.54) is 135 Å². The molecule has 0 spiro atoms.